The normalized spacial score (nSPS) is 13.6. The fraction of sp³-hybridized carbons (Fsp3) is 0.111. The number of nitrogens with zero attached hydrogens (tertiary/aromatic N) is 2. The highest BCUT2D eigenvalue weighted by Gasteiger charge is 2.55. The van der Waals surface area contributed by atoms with Gasteiger partial charge in [-0.25, -0.2) is 0 Å². The SMILES string of the molecule is CC(C)(C)c1cc2c3c(c1)[Si](c1ccccc1)(c1ccccc1)c1cc(N(c4ccccc4)c4ccccc4)ccc1B3c1sc3ccc(C(C)(C)C)cc3c1N2c1c2ccccc2c(-c2ccccc2)c2ccccc12. The van der Waals surface area contributed by atoms with Gasteiger partial charge in [-0.1, -0.05) is 241 Å². The molecule has 0 amide bonds. The molecule has 12 aromatic rings. The van der Waals surface area contributed by atoms with E-state index in [9.17, 15) is 0 Å². The molecule has 2 aliphatic rings. The van der Waals surface area contributed by atoms with Crippen LogP contribution >= 0.6 is 11.3 Å². The molecule has 3 heterocycles. The predicted octanol–water partition coefficient (Wildman–Crippen LogP) is 14.9. The van der Waals surface area contributed by atoms with E-state index in [-0.39, 0.29) is 17.5 Å². The number of fused-ring (bicyclic) bond motifs is 8. The molecule has 0 aliphatic carbocycles. The van der Waals surface area contributed by atoms with Gasteiger partial charge in [-0.15, -0.1) is 11.3 Å². The molecule has 1 aromatic heterocycles. The van der Waals surface area contributed by atoms with E-state index in [0.717, 1.165) is 17.1 Å². The molecule has 2 aliphatic heterocycles. The summed E-state index contributed by atoms with van der Waals surface area (Å²) < 4.78 is 2.70. The highest BCUT2D eigenvalue weighted by atomic mass is 32.1. The Hall–Kier alpha value is -8.22. The first-order valence-electron chi connectivity index (χ1n) is 27.2. The van der Waals surface area contributed by atoms with Gasteiger partial charge in [0, 0.05) is 48.4 Å². The molecule has 5 heteroatoms. The van der Waals surface area contributed by atoms with Gasteiger partial charge in [0.05, 0.1) is 11.4 Å². The van der Waals surface area contributed by atoms with Crippen molar-refractivity contribution < 1.29 is 0 Å². The third-order valence-electron chi connectivity index (χ3n) is 16.6. The van der Waals surface area contributed by atoms with Crippen LogP contribution in [0.1, 0.15) is 52.7 Å². The molecule has 11 aromatic carbocycles. The number of hydrogen-bond donors (Lipinski definition) is 0. The van der Waals surface area contributed by atoms with E-state index >= 15 is 0 Å². The van der Waals surface area contributed by atoms with Crippen LogP contribution in [0.3, 0.4) is 0 Å². The van der Waals surface area contributed by atoms with Crippen molar-refractivity contribution >= 4 is 128 Å². The Balaban J connectivity index is 1.19. The molecule has 0 spiro atoms. The Morgan fingerprint density at radius 3 is 1.47 bits per heavy atom. The van der Waals surface area contributed by atoms with Crippen LogP contribution in [0.2, 0.25) is 0 Å². The Labute approximate surface area is 458 Å². The zero-order valence-corrected chi connectivity index (χ0v) is 46.4. The first-order valence-corrected chi connectivity index (χ1v) is 30.0. The number of thiophene rings is 1. The minimum atomic E-state index is -3.25. The van der Waals surface area contributed by atoms with Crippen LogP contribution in [0.25, 0.3) is 42.8 Å². The summed E-state index contributed by atoms with van der Waals surface area (Å²) >= 11 is 2.00. The van der Waals surface area contributed by atoms with E-state index in [4.69, 9.17) is 0 Å². The predicted molar refractivity (Wildman–Crippen MR) is 337 cm³/mol. The first-order chi connectivity index (χ1) is 37.5. The van der Waals surface area contributed by atoms with Crippen LogP contribution in [-0.2, 0) is 10.8 Å². The molecule has 77 heavy (non-hydrogen) atoms. The van der Waals surface area contributed by atoms with E-state index in [1.54, 1.807) is 0 Å². The van der Waals surface area contributed by atoms with Gasteiger partial charge in [-0.05, 0) is 125 Å². The second kappa shape index (κ2) is 17.9. The van der Waals surface area contributed by atoms with Crippen molar-refractivity contribution in [1.29, 1.82) is 0 Å². The zero-order chi connectivity index (χ0) is 52.2. The van der Waals surface area contributed by atoms with E-state index in [2.05, 4.69) is 300 Å². The standard InChI is InChI=1S/C72H59BN2SSi/c1-71(2,3)49-40-43-63-60(44-49)69-70(76-63)73-61-42-41-53(74(51-28-14-8-15-29-51)52-30-16-9-17-31-52)47-64(61)77(54-32-18-10-19-33-54,55-34-20-11-21-35-55)65-46-50(72(4,5)6)45-62(67(65)73)75(69)68-58-38-24-22-36-56(58)66(48-26-12-7-13-27-48)57-37-23-25-39-59(57)68/h7-47H,1-6H3. The van der Waals surface area contributed by atoms with Crippen LogP contribution in [-0.4, -0.2) is 14.8 Å². The smallest absolute Gasteiger partial charge is 0.259 e. The van der Waals surface area contributed by atoms with Gasteiger partial charge >= 0.3 is 0 Å². The number of para-hydroxylation sites is 2. The topological polar surface area (TPSA) is 6.48 Å². The van der Waals surface area contributed by atoms with Gasteiger partial charge in [-0.2, -0.15) is 0 Å². The van der Waals surface area contributed by atoms with Crippen LogP contribution in [0, 0.1) is 0 Å². The molecule has 0 radical (unpaired) electrons. The van der Waals surface area contributed by atoms with Crippen molar-refractivity contribution in [1.82, 2.24) is 0 Å². The lowest BCUT2D eigenvalue weighted by atomic mass is 9.37. The van der Waals surface area contributed by atoms with Crippen LogP contribution < -0.4 is 46.2 Å². The Kier molecular flexibility index (Phi) is 11.0. The zero-order valence-electron chi connectivity index (χ0n) is 44.6. The van der Waals surface area contributed by atoms with E-state index in [1.165, 1.54) is 107 Å². The van der Waals surface area contributed by atoms with Crippen LogP contribution in [0.4, 0.5) is 34.1 Å². The average molecular weight is 1020 g/mol. The summed E-state index contributed by atoms with van der Waals surface area (Å²) in [6.07, 6.45) is 0. The minimum absolute atomic E-state index is 0.0455. The first kappa shape index (κ1) is 47.2. The number of hydrogen-bond acceptors (Lipinski definition) is 3. The van der Waals surface area contributed by atoms with Gasteiger partial charge < -0.3 is 9.80 Å². The van der Waals surface area contributed by atoms with Gasteiger partial charge in [0.25, 0.3) is 6.71 Å². The third kappa shape index (κ3) is 7.35. The maximum atomic E-state index is 2.78. The second-order valence-corrected chi connectivity index (χ2v) is 28.0. The van der Waals surface area contributed by atoms with Crippen LogP contribution in [0.5, 0.6) is 0 Å². The number of anilines is 6. The molecule has 0 atom stereocenters. The van der Waals surface area contributed by atoms with Gasteiger partial charge in [-0.3, -0.25) is 0 Å². The van der Waals surface area contributed by atoms with Crippen molar-refractivity contribution in [2.75, 3.05) is 9.80 Å². The molecule has 0 bridgehead atoms. The Morgan fingerprint density at radius 1 is 0.416 bits per heavy atom. The summed E-state index contributed by atoms with van der Waals surface area (Å²) in [6.45, 7) is 14.2. The van der Waals surface area contributed by atoms with Crippen molar-refractivity contribution in [3.63, 3.8) is 0 Å². The molecule has 0 saturated carbocycles. The third-order valence-corrected chi connectivity index (χ3v) is 22.7. The lowest BCUT2D eigenvalue weighted by Gasteiger charge is -2.48. The van der Waals surface area contributed by atoms with Crippen molar-refractivity contribution in [3.05, 3.63) is 260 Å². The summed E-state index contributed by atoms with van der Waals surface area (Å²) in [4.78, 5) is 5.24. The Bertz CT molecular complexity index is 4100. The van der Waals surface area contributed by atoms with E-state index in [1.807, 2.05) is 11.3 Å². The van der Waals surface area contributed by atoms with Crippen molar-refractivity contribution in [2.45, 2.75) is 52.4 Å². The quantitative estimate of drug-likeness (QED) is 0.116. The lowest BCUT2D eigenvalue weighted by Crippen LogP contribution is -2.87. The molecule has 370 valence electrons. The molecule has 0 saturated heterocycles. The molecule has 0 fully saturated rings. The molecule has 2 nitrogen and oxygen atoms in total. The fourth-order valence-corrected chi connectivity index (χ4v) is 19.7. The van der Waals surface area contributed by atoms with E-state index in [0.29, 0.717) is 0 Å². The molecular formula is C72H59BN2SSi. The lowest BCUT2D eigenvalue weighted by molar-refractivity contribution is 0.590. The summed E-state index contributed by atoms with van der Waals surface area (Å²) in [6, 6.07) is 94.8. The van der Waals surface area contributed by atoms with E-state index < -0.39 is 8.07 Å². The summed E-state index contributed by atoms with van der Waals surface area (Å²) in [5.74, 6) is 0. The molecular weight excluding hydrogens is 964 g/mol. The van der Waals surface area contributed by atoms with Crippen molar-refractivity contribution in [3.8, 4) is 11.1 Å². The van der Waals surface area contributed by atoms with Gasteiger partial charge in [0.15, 0.2) is 8.07 Å². The minimum Gasteiger partial charge on any atom is -0.311 e. The average Bonchev–Trinajstić information content (AvgIpc) is 3.93. The van der Waals surface area contributed by atoms with Crippen molar-refractivity contribution in [2.24, 2.45) is 0 Å². The monoisotopic (exact) mass is 1020 g/mol. The number of benzene rings is 11. The Morgan fingerprint density at radius 2 is 0.922 bits per heavy atom. The summed E-state index contributed by atoms with van der Waals surface area (Å²) in [5, 5.41) is 12.0. The second-order valence-electron chi connectivity index (χ2n) is 23.2. The maximum Gasteiger partial charge on any atom is 0.259 e. The maximum absolute atomic E-state index is 3.25. The molecule has 0 unspecified atom stereocenters. The number of rotatable bonds is 7. The fourth-order valence-electron chi connectivity index (χ4n) is 13.1. The summed E-state index contributed by atoms with van der Waals surface area (Å²) in [5.41, 5.74) is 15.0. The molecule has 0 N–H and O–H groups in total. The van der Waals surface area contributed by atoms with Gasteiger partial charge in [0.1, 0.15) is 0 Å². The highest BCUT2D eigenvalue weighted by molar-refractivity contribution is 7.36. The summed E-state index contributed by atoms with van der Waals surface area (Å²) in [7, 11) is -3.25. The molecule has 14 rings (SSSR count). The van der Waals surface area contributed by atoms with Crippen LogP contribution in [0.15, 0.2) is 249 Å². The highest BCUT2D eigenvalue weighted by Crippen LogP contribution is 2.52. The largest absolute Gasteiger partial charge is 0.311 e. The van der Waals surface area contributed by atoms with Gasteiger partial charge in [0.2, 0.25) is 0 Å².